The van der Waals surface area contributed by atoms with Crippen LogP contribution >= 0.6 is 0 Å². The summed E-state index contributed by atoms with van der Waals surface area (Å²) >= 11 is 0. The van der Waals surface area contributed by atoms with E-state index in [-0.39, 0.29) is 25.5 Å². The molecule has 5 heteroatoms. The number of ether oxygens (including phenoxy) is 2. The summed E-state index contributed by atoms with van der Waals surface area (Å²) in [4.78, 5) is 11.1. The zero-order chi connectivity index (χ0) is 10.5. The molecule has 0 aromatic heterocycles. The molecular weight excluding hydrogens is 235 g/mol. The molecule has 0 bridgehead atoms. The van der Waals surface area contributed by atoms with E-state index in [0.717, 1.165) is 0 Å². The van der Waals surface area contributed by atoms with Gasteiger partial charge in [-0.15, -0.1) is 0 Å². The minimum Gasteiger partial charge on any atom is -0.552 e. The Morgan fingerprint density at radius 2 is 1.93 bits per heavy atom. The van der Waals surface area contributed by atoms with Gasteiger partial charge in [-0.25, -0.2) is 4.79 Å². The van der Waals surface area contributed by atoms with Gasteiger partial charge in [-0.1, -0.05) is 13.0 Å². The van der Waals surface area contributed by atoms with Crippen molar-refractivity contribution >= 4 is 6.09 Å². The van der Waals surface area contributed by atoms with E-state index in [2.05, 4.69) is 5.32 Å². The summed E-state index contributed by atoms with van der Waals surface area (Å²) in [5.41, 5.74) is -0.461. The fraction of sp³-hybridized carbons (Fsp3) is 0.778. The second-order valence-corrected chi connectivity index (χ2v) is 3.81. The maximum Gasteiger partial charge on any atom is 0.405 e. The van der Waals surface area contributed by atoms with Crippen LogP contribution in [0.4, 0.5) is 4.79 Å². The van der Waals surface area contributed by atoms with Crippen molar-refractivity contribution in [2.75, 3.05) is 7.11 Å². The van der Waals surface area contributed by atoms with E-state index in [0.29, 0.717) is 0 Å². The van der Waals surface area contributed by atoms with E-state index in [1.165, 1.54) is 13.7 Å². The first-order valence-corrected chi connectivity index (χ1v) is 4.21. The summed E-state index contributed by atoms with van der Waals surface area (Å²) in [7, 11) is 1.53. The van der Waals surface area contributed by atoms with Crippen LogP contribution in [0.15, 0.2) is 0 Å². The van der Waals surface area contributed by atoms with E-state index in [1.807, 2.05) is 20.8 Å². The van der Waals surface area contributed by atoms with Gasteiger partial charge in [0, 0.05) is 19.5 Å². The first-order valence-electron chi connectivity index (χ1n) is 4.21. The van der Waals surface area contributed by atoms with Crippen molar-refractivity contribution in [3.05, 3.63) is 6.61 Å². The maximum atomic E-state index is 11.1. The normalized spacial score (nSPS) is 12.6. The number of carbonyl (C=O) groups is 1. The predicted molar refractivity (Wildman–Crippen MR) is 50.1 cm³/mol. The number of hydrogen-bond donors (Lipinski definition) is 1. The minimum atomic E-state index is -0.461. The zero-order valence-corrected chi connectivity index (χ0v) is 12.6. The van der Waals surface area contributed by atoms with Crippen molar-refractivity contribution in [1.82, 2.24) is 5.32 Å². The molecule has 1 N–H and O–H groups in total. The Hall–Kier alpha value is -0.147. The number of carbonyl (C=O) groups excluding carboxylic acids is 1. The Balaban J connectivity index is 0. The number of methoxy groups -OCH3 is 1. The van der Waals surface area contributed by atoms with E-state index >= 15 is 0 Å². The molecular formula is C9H18NO3Zn-. The quantitative estimate of drug-likeness (QED) is 0.615. The third-order valence-corrected chi connectivity index (χ3v) is 1.08. The molecule has 0 aliphatic heterocycles. The molecule has 0 aromatic rings. The molecule has 0 fully saturated rings. The molecule has 0 aliphatic rings. The molecule has 0 radical (unpaired) electrons. The molecule has 0 aromatic carbocycles. The molecule has 1 atom stereocenters. The molecule has 0 aliphatic carbocycles. The SMILES string of the molecule is CO[CH-]C(C)NC(=O)OC(C)(C)C.[Zn]. The average Bonchev–Trinajstić information content (AvgIpc) is 1.81. The summed E-state index contributed by atoms with van der Waals surface area (Å²) < 4.78 is 9.77. The first-order chi connectivity index (χ1) is 5.85. The molecule has 0 heterocycles. The van der Waals surface area contributed by atoms with Crippen LogP contribution in [0.5, 0.6) is 0 Å². The Kier molecular flexibility index (Phi) is 8.36. The van der Waals surface area contributed by atoms with E-state index in [1.54, 1.807) is 6.92 Å². The minimum absolute atomic E-state index is 0. The van der Waals surface area contributed by atoms with Gasteiger partial charge in [0.05, 0.1) is 0 Å². The van der Waals surface area contributed by atoms with Crippen LogP contribution in [0, 0.1) is 6.61 Å². The van der Waals surface area contributed by atoms with Gasteiger partial charge in [0.15, 0.2) is 0 Å². The van der Waals surface area contributed by atoms with Crippen LogP contribution in [-0.2, 0) is 29.0 Å². The van der Waals surface area contributed by atoms with E-state index < -0.39 is 11.7 Å². The molecule has 1 amide bonds. The molecule has 80 valence electrons. The van der Waals surface area contributed by atoms with Gasteiger partial charge in [-0.2, -0.15) is 6.61 Å². The van der Waals surface area contributed by atoms with E-state index in [4.69, 9.17) is 9.47 Å². The van der Waals surface area contributed by atoms with Gasteiger partial charge in [0.2, 0.25) is 0 Å². The fourth-order valence-electron chi connectivity index (χ4n) is 0.732. The van der Waals surface area contributed by atoms with Crippen molar-refractivity contribution in [3.8, 4) is 0 Å². The van der Waals surface area contributed by atoms with Gasteiger partial charge < -0.3 is 14.8 Å². The van der Waals surface area contributed by atoms with Crippen LogP contribution in [0.25, 0.3) is 0 Å². The van der Waals surface area contributed by atoms with Crippen LogP contribution in [0.3, 0.4) is 0 Å². The second kappa shape index (κ2) is 7.19. The topological polar surface area (TPSA) is 47.6 Å². The standard InChI is InChI=1S/C9H18NO3.Zn/c1-7(6-12-5)10-8(11)13-9(2,3)4;/h6-7H,1-5H3,(H,10,11);/q-1;. The van der Waals surface area contributed by atoms with Crippen LogP contribution in [-0.4, -0.2) is 24.8 Å². The largest absolute Gasteiger partial charge is 0.552 e. The Labute approximate surface area is 98.5 Å². The molecule has 0 saturated heterocycles. The van der Waals surface area contributed by atoms with Crippen molar-refractivity contribution < 1.29 is 33.7 Å². The van der Waals surface area contributed by atoms with Gasteiger partial charge in [0.1, 0.15) is 5.60 Å². The summed E-state index contributed by atoms with van der Waals surface area (Å²) in [5, 5.41) is 2.60. The van der Waals surface area contributed by atoms with Crippen molar-refractivity contribution in [2.45, 2.75) is 39.3 Å². The summed E-state index contributed by atoms with van der Waals surface area (Å²) in [6.07, 6.45) is -0.437. The van der Waals surface area contributed by atoms with Gasteiger partial charge in [-0.05, 0) is 27.9 Å². The van der Waals surface area contributed by atoms with Crippen LogP contribution in [0.2, 0.25) is 0 Å². The molecule has 4 nitrogen and oxygen atoms in total. The number of hydrogen-bond acceptors (Lipinski definition) is 3. The average molecular weight is 254 g/mol. The maximum absolute atomic E-state index is 11.1. The van der Waals surface area contributed by atoms with Crippen LogP contribution in [0.1, 0.15) is 27.7 Å². The number of alkyl carbamates (subject to hydrolysis) is 1. The van der Waals surface area contributed by atoms with Crippen molar-refractivity contribution in [3.63, 3.8) is 0 Å². The Bertz CT molecular complexity index is 168. The molecule has 0 spiro atoms. The Morgan fingerprint density at radius 1 is 1.43 bits per heavy atom. The van der Waals surface area contributed by atoms with Gasteiger partial charge in [0.25, 0.3) is 0 Å². The fourth-order valence-corrected chi connectivity index (χ4v) is 0.732. The summed E-state index contributed by atoms with van der Waals surface area (Å²) in [6, 6.07) is -0.153. The van der Waals surface area contributed by atoms with Crippen molar-refractivity contribution in [1.29, 1.82) is 0 Å². The molecule has 0 saturated carbocycles. The van der Waals surface area contributed by atoms with Gasteiger partial charge in [-0.3, -0.25) is 0 Å². The molecule has 1 unspecified atom stereocenters. The van der Waals surface area contributed by atoms with E-state index in [9.17, 15) is 4.79 Å². The monoisotopic (exact) mass is 252 g/mol. The van der Waals surface area contributed by atoms with Gasteiger partial charge >= 0.3 is 6.09 Å². The Morgan fingerprint density at radius 3 is 2.29 bits per heavy atom. The predicted octanol–water partition coefficient (Wildman–Crippen LogP) is 1.71. The number of amides is 1. The molecule has 14 heavy (non-hydrogen) atoms. The summed E-state index contributed by atoms with van der Waals surface area (Å²) in [5.74, 6) is 0. The van der Waals surface area contributed by atoms with Crippen LogP contribution < -0.4 is 5.32 Å². The van der Waals surface area contributed by atoms with Crippen molar-refractivity contribution in [2.24, 2.45) is 0 Å². The smallest absolute Gasteiger partial charge is 0.405 e. The third kappa shape index (κ3) is 9.94. The molecule has 0 rings (SSSR count). The third-order valence-electron chi connectivity index (χ3n) is 1.08. The first kappa shape index (κ1) is 16.3. The summed E-state index contributed by atoms with van der Waals surface area (Å²) in [6.45, 7) is 8.77. The number of nitrogens with one attached hydrogen (secondary N) is 1. The zero-order valence-electron chi connectivity index (χ0n) is 9.59. The number of rotatable bonds is 3. The second-order valence-electron chi connectivity index (χ2n) is 3.81.